The third-order valence-corrected chi connectivity index (χ3v) is 8.52. The summed E-state index contributed by atoms with van der Waals surface area (Å²) in [6.07, 6.45) is 9.29. The lowest BCUT2D eigenvalue weighted by atomic mass is 9.48. The van der Waals surface area contributed by atoms with Crippen LogP contribution in [0.2, 0.25) is 0 Å². The van der Waals surface area contributed by atoms with Crippen molar-refractivity contribution in [1.29, 1.82) is 0 Å². The Hall–Kier alpha value is -2.88. The van der Waals surface area contributed by atoms with E-state index in [1.165, 1.54) is 44.1 Å². The topological polar surface area (TPSA) is 51.1 Å². The Balaban J connectivity index is 1.20. The van der Waals surface area contributed by atoms with Crippen molar-refractivity contribution in [1.82, 2.24) is 4.57 Å². The molecule has 0 atom stereocenters. The highest BCUT2D eigenvalue weighted by Crippen LogP contribution is 2.60. The van der Waals surface area contributed by atoms with Crippen molar-refractivity contribution in [2.45, 2.75) is 57.4 Å². The molecule has 2 aromatic carbocycles. The number of anilines is 1. The fourth-order valence-corrected chi connectivity index (χ4v) is 7.53. The first-order chi connectivity index (χ1) is 15.5. The Morgan fingerprint density at radius 1 is 1.00 bits per heavy atom. The number of rotatable bonds is 5. The molecule has 0 spiro atoms. The highest BCUT2D eigenvalue weighted by Gasteiger charge is 2.51. The molecule has 4 saturated carbocycles. The summed E-state index contributed by atoms with van der Waals surface area (Å²) in [5, 5.41) is 3.96. The third-order valence-electron chi connectivity index (χ3n) is 8.52. The Kier molecular flexibility index (Phi) is 4.53. The van der Waals surface area contributed by atoms with Crippen LogP contribution in [0.15, 0.2) is 48.5 Å². The van der Waals surface area contributed by atoms with Crippen molar-refractivity contribution in [3.63, 3.8) is 0 Å². The maximum Gasteiger partial charge on any atom is 0.244 e. The standard InChI is InChI=1S/C28H30N2O2/c1-18-25(17-31)24-4-2-3-5-26(24)30(18)16-27(32)29-23-8-6-22(7-9-23)28-13-19-10-20(14-28)12-21(11-19)15-28/h2-9,17,19-21H,10-16H2,1H3,(H,29,32). The van der Waals surface area contributed by atoms with Crippen LogP contribution in [0.3, 0.4) is 0 Å². The van der Waals surface area contributed by atoms with Gasteiger partial charge in [0.1, 0.15) is 6.54 Å². The van der Waals surface area contributed by atoms with Crippen molar-refractivity contribution >= 4 is 28.8 Å². The molecule has 32 heavy (non-hydrogen) atoms. The number of fused-ring (bicyclic) bond motifs is 1. The molecule has 0 radical (unpaired) electrons. The maximum absolute atomic E-state index is 12.9. The second kappa shape index (κ2) is 7.33. The molecule has 4 aliphatic rings. The van der Waals surface area contributed by atoms with E-state index in [0.717, 1.165) is 46.3 Å². The molecule has 4 heteroatoms. The molecular weight excluding hydrogens is 396 g/mol. The minimum absolute atomic E-state index is 0.0751. The first kappa shape index (κ1) is 19.8. The van der Waals surface area contributed by atoms with Crippen LogP contribution < -0.4 is 5.32 Å². The molecule has 4 nitrogen and oxygen atoms in total. The summed E-state index contributed by atoms with van der Waals surface area (Å²) in [5.74, 6) is 2.71. The number of aldehydes is 1. The van der Waals surface area contributed by atoms with Gasteiger partial charge in [-0.2, -0.15) is 0 Å². The zero-order valence-corrected chi connectivity index (χ0v) is 18.6. The number of carbonyl (C=O) groups is 2. The van der Waals surface area contributed by atoms with Crippen molar-refractivity contribution < 1.29 is 9.59 Å². The van der Waals surface area contributed by atoms with Crippen molar-refractivity contribution in [3.05, 3.63) is 65.4 Å². The number of hydrogen-bond acceptors (Lipinski definition) is 2. The highest BCUT2D eigenvalue weighted by atomic mass is 16.2. The maximum atomic E-state index is 12.9. The molecule has 0 saturated heterocycles. The summed E-state index contributed by atoms with van der Waals surface area (Å²) < 4.78 is 1.93. The molecule has 4 fully saturated rings. The van der Waals surface area contributed by atoms with Crippen LogP contribution in [0.1, 0.15) is 60.1 Å². The lowest BCUT2D eigenvalue weighted by Gasteiger charge is -2.57. The normalized spacial score (nSPS) is 28.2. The Labute approximate surface area is 189 Å². The van der Waals surface area contributed by atoms with Crippen LogP contribution in [0, 0.1) is 24.7 Å². The lowest BCUT2D eigenvalue weighted by Crippen LogP contribution is -2.48. The number of nitrogens with one attached hydrogen (secondary N) is 1. The van der Waals surface area contributed by atoms with Gasteiger partial charge in [0.05, 0.1) is 0 Å². The van der Waals surface area contributed by atoms with E-state index in [-0.39, 0.29) is 12.5 Å². The second-order valence-electron chi connectivity index (χ2n) is 10.5. The number of hydrogen-bond donors (Lipinski definition) is 1. The number of amides is 1. The fourth-order valence-electron chi connectivity index (χ4n) is 7.53. The number of carbonyl (C=O) groups excluding carboxylic acids is 2. The van der Waals surface area contributed by atoms with Crippen LogP contribution in [-0.4, -0.2) is 16.8 Å². The van der Waals surface area contributed by atoms with Crippen LogP contribution in [0.4, 0.5) is 5.69 Å². The van der Waals surface area contributed by atoms with E-state index < -0.39 is 0 Å². The molecule has 7 rings (SSSR count). The molecule has 0 unspecified atom stereocenters. The van der Waals surface area contributed by atoms with Gasteiger partial charge in [0, 0.05) is 27.8 Å². The highest BCUT2D eigenvalue weighted by molar-refractivity contribution is 6.00. The first-order valence-electron chi connectivity index (χ1n) is 12.0. The second-order valence-corrected chi connectivity index (χ2v) is 10.5. The van der Waals surface area contributed by atoms with E-state index in [1.54, 1.807) is 0 Å². The summed E-state index contributed by atoms with van der Waals surface area (Å²) in [6, 6.07) is 16.4. The molecule has 1 N–H and O–H groups in total. The van der Waals surface area contributed by atoms with Crippen LogP contribution >= 0.6 is 0 Å². The molecule has 3 aromatic rings. The van der Waals surface area contributed by atoms with Crippen LogP contribution in [0.5, 0.6) is 0 Å². The number of benzene rings is 2. The molecule has 1 aromatic heterocycles. The van der Waals surface area contributed by atoms with Gasteiger partial charge in [-0.25, -0.2) is 0 Å². The summed E-state index contributed by atoms with van der Waals surface area (Å²) >= 11 is 0. The van der Waals surface area contributed by atoms with Crippen molar-refractivity contribution in [3.8, 4) is 0 Å². The van der Waals surface area contributed by atoms with Gasteiger partial charge in [-0.15, -0.1) is 0 Å². The minimum atomic E-state index is -0.0751. The number of nitrogens with zero attached hydrogens (tertiary/aromatic N) is 1. The predicted molar refractivity (Wildman–Crippen MR) is 127 cm³/mol. The lowest BCUT2D eigenvalue weighted by molar-refractivity contribution is -0.116. The van der Waals surface area contributed by atoms with Gasteiger partial charge in [0.15, 0.2) is 6.29 Å². The minimum Gasteiger partial charge on any atom is -0.335 e. The monoisotopic (exact) mass is 426 g/mol. The number of para-hydroxylation sites is 1. The summed E-state index contributed by atoms with van der Waals surface area (Å²) in [4.78, 5) is 24.4. The Bertz CT molecular complexity index is 1170. The summed E-state index contributed by atoms with van der Waals surface area (Å²) in [7, 11) is 0. The van der Waals surface area contributed by atoms with E-state index in [9.17, 15) is 9.59 Å². The number of aromatic nitrogens is 1. The molecule has 164 valence electrons. The van der Waals surface area contributed by atoms with Gasteiger partial charge in [-0.1, -0.05) is 30.3 Å². The van der Waals surface area contributed by atoms with Gasteiger partial charge in [-0.05, 0) is 92.4 Å². The zero-order chi connectivity index (χ0) is 21.9. The van der Waals surface area contributed by atoms with E-state index in [2.05, 4.69) is 29.6 Å². The predicted octanol–water partition coefficient (Wildman–Crippen LogP) is 5.87. The molecular formula is C28H30N2O2. The molecule has 4 aliphatic carbocycles. The van der Waals surface area contributed by atoms with Gasteiger partial charge in [-0.3, -0.25) is 9.59 Å². The van der Waals surface area contributed by atoms with Crippen LogP contribution in [-0.2, 0) is 16.8 Å². The van der Waals surface area contributed by atoms with E-state index in [0.29, 0.717) is 11.0 Å². The van der Waals surface area contributed by atoms with Crippen molar-refractivity contribution in [2.75, 3.05) is 5.32 Å². The largest absolute Gasteiger partial charge is 0.335 e. The average molecular weight is 427 g/mol. The quantitative estimate of drug-likeness (QED) is 0.519. The summed E-state index contributed by atoms with van der Waals surface area (Å²) in [5.41, 5.74) is 5.09. The van der Waals surface area contributed by atoms with Gasteiger partial charge in [0.25, 0.3) is 0 Å². The van der Waals surface area contributed by atoms with Gasteiger partial charge >= 0.3 is 0 Å². The molecule has 1 amide bonds. The van der Waals surface area contributed by atoms with E-state index in [1.807, 2.05) is 35.8 Å². The average Bonchev–Trinajstić information content (AvgIpc) is 3.04. The van der Waals surface area contributed by atoms with E-state index >= 15 is 0 Å². The fraction of sp³-hybridized carbons (Fsp3) is 0.429. The molecule has 0 aliphatic heterocycles. The third kappa shape index (κ3) is 3.11. The van der Waals surface area contributed by atoms with Crippen LogP contribution in [0.25, 0.3) is 10.9 Å². The molecule has 1 heterocycles. The van der Waals surface area contributed by atoms with Gasteiger partial charge < -0.3 is 9.88 Å². The summed E-state index contributed by atoms with van der Waals surface area (Å²) in [6.45, 7) is 2.09. The first-order valence-corrected chi connectivity index (χ1v) is 12.0. The SMILES string of the molecule is Cc1c(C=O)c2ccccc2n1CC(=O)Nc1ccc(C23CC4CC(CC(C4)C2)C3)cc1. The zero-order valence-electron chi connectivity index (χ0n) is 18.6. The van der Waals surface area contributed by atoms with Gasteiger partial charge in [0.2, 0.25) is 5.91 Å². The van der Waals surface area contributed by atoms with E-state index in [4.69, 9.17) is 0 Å². The molecule has 4 bridgehead atoms. The smallest absolute Gasteiger partial charge is 0.244 e. The Morgan fingerprint density at radius 3 is 2.25 bits per heavy atom. The Morgan fingerprint density at radius 2 is 1.62 bits per heavy atom. The van der Waals surface area contributed by atoms with Crippen molar-refractivity contribution in [2.24, 2.45) is 17.8 Å².